The zero-order chi connectivity index (χ0) is 22.9. The zero-order valence-electron chi connectivity index (χ0n) is 18.0. The number of ether oxygens (including phenoxy) is 1. The molecule has 1 aromatic heterocycles. The molecule has 168 valence electrons. The van der Waals surface area contributed by atoms with Crippen molar-refractivity contribution in [2.75, 3.05) is 19.0 Å². The molecule has 0 atom stereocenters. The van der Waals surface area contributed by atoms with Crippen LogP contribution >= 0.6 is 23.2 Å². The van der Waals surface area contributed by atoms with Gasteiger partial charge in [0.05, 0.1) is 30.1 Å². The number of nitrogens with zero attached hydrogens (tertiary/aromatic N) is 1. The third-order valence-electron chi connectivity index (χ3n) is 5.95. The number of methoxy groups -OCH3 is 1. The third kappa shape index (κ3) is 4.29. The summed E-state index contributed by atoms with van der Waals surface area (Å²) in [5, 5.41) is 15.8. The van der Waals surface area contributed by atoms with Gasteiger partial charge >= 0.3 is 0 Å². The van der Waals surface area contributed by atoms with Crippen LogP contribution in [0.4, 0.5) is 11.4 Å². The van der Waals surface area contributed by atoms with Gasteiger partial charge in [0.25, 0.3) is 5.56 Å². The van der Waals surface area contributed by atoms with Crippen LogP contribution in [-0.2, 0) is 19.4 Å². The second-order valence-corrected chi connectivity index (χ2v) is 8.87. The topological polar surface area (TPSA) is 79.0 Å². The fourth-order valence-electron chi connectivity index (χ4n) is 4.33. The number of hydrogen-bond donors (Lipinski definition) is 3. The van der Waals surface area contributed by atoms with Crippen LogP contribution < -0.4 is 20.9 Å². The van der Waals surface area contributed by atoms with Gasteiger partial charge in [-0.05, 0) is 71.6 Å². The van der Waals surface area contributed by atoms with E-state index in [1.807, 2.05) is 30.3 Å². The van der Waals surface area contributed by atoms with Crippen LogP contribution in [-0.4, -0.2) is 23.9 Å². The summed E-state index contributed by atoms with van der Waals surface area (Å²) in [4.78, 5) is 12.7. The molecule has 0 bridgehead atoms. The van der Waals surface area contributed by atoms with Gasteiger partial charge in [0.15, 0.2) is 0 Å². The van der Waals surface area contributed by atoms with Crippen molar-refractivity contribution in [1.82, 2.24) is 15.5 Å². The standard InChI is InChI=1S/C25H22Cl2N4O2/c1-33-23-11-15-5-6-28-12-16(15)10-21(23)30-22-9-14(7-17-13-29-31-25(32)24(17)22)8-18-19(26)3-2-4-20(18)27/h2-4,7,9-11,13,28,30H,5-6,8,12H2,1H3,(H,31,32). The molecule has 6 nitrogen and oxygen atoms in total. The van der Waals surface area contributed by atoms with Crippen LogP contribution in [0.25, 0.3) is 10.8 Å². The Morgan fingerprint density at radius 1 is 1.09 bits per heavy atom. The normalized spacial score (nSPS) is 13.1. The molecule has 0 fully saturated rings. The average Bonchev–Trinajstić information content (AvgIpc) is 2.81. The van der Waals surface area contributed by atoms with E-state index in [1.54, 1.807) is 13.3 Å². The highest BCUT2D eigenvalue weighted by Crippen LogP contribution is 2.35. The van der Waals surface area contributed by atoms with Crippen molar-refractivity contribution in [2.24, 2.45) is 0 Å². The molecule has 0 unspecified atom stereocenters. The number of aromatic amines is 1. The number of benzene rings is 3. The van der Waals surface area contributed by atoms with Crippen molar-refractivity contribution >= 4 is 45.3 Å². The molecule has 0 radical (unpaired) electrons. The van der Waals surface area contributed by atoms with Crippen molar-refractivity contribution < 1.29 is 4.74 Å². The zero-order valence-corrected chi connectivity index (χ0v) is 19.5. The molecule has 3 N–H and O–H groups in total. The Bertz CT molecular complexity index is 1400. The minimum Gasteiger partial charge on any atom is -0.495 e. The van der Waals surface area contributed by atoms with E-state index in [-0.39, 0.29) is 5.56 Å². The monoisotopic (exact) mass is 480 g/mol. The van der Waals surface area contributed by atoms with Gasteiger partial charge in [0.2, 0.25) is 0 Å². The highest BCUT2D eigenvalue weighted by molar-refractivity contribution is 6.36. The van der Waals surface area contributed by atoms with E-state index < -0.39 is 0 Å². The Morgan fingerprint density at radius 2 is 1.91 bits per heavy atom. The Kier molecular flexibility index (Phi) is 5.98. The number of fused-ring (bicyclic) bond motifs is 2. The van der Waals surface area contributed by atoms with Gasteiger partial charge in [-0.3, -0.25) is 4.79 Å². The quantitative estimate of drug-likeness (QED) is 0.365. The highest BCUT2D eigenvalue weighted by Gasteiger charge is 2.17. The summed E-state index contributed by atoms with van der Waals surface area (Å²) >= 11 is 12.8. The molecule has 2 heterocycles. The molecule has 33 heavy (non-hydrogen) atoms. The minimum atomic E-state index is -0.268. The fraction of sp³-hybridized carbons (Fsp3) is 0.200. The number of hydrogen-bond acceptors (Lipinski definition) is 5. The summed E-state index contributed by atoms with van der Waals surface area (Å²) in [5.41, 5.74) is 5.46. The first-order chi connectivity index (χ1) is 16.0. The van der Waals surface area contributed by atoms with Crippen LogP contribution in [0.2, 0.25) is 10.0 Å². The maximum Gasteiger partial charge on any atom is 0.274 e. The summed E-state index contributed by atoms with van der Waals surface area (Å²) in [6.07, 6.45) is 3.11. The van der Waals surface area contributed by atoms with E-state index in [9.17, 15) is 4.79 Å². The smallest absolute Gasteiger partial charge is 0.274 e. The van der Waals surface area contributed by atoms with Crippen molar-refractivity contribution in [3.63, 3.8) is 0 Å². The molecular formula is C25H22Cl2N4O2. The second kappa shape index (κ2) is 9.06. The Morgan fingerprint density at radius 3 is 2.70 bits per heavy atom. The third-order valence-corrected chi connectivity index (χ3v) is 6.65. The van der Waals surface area contributed by atoms with Crippen LogP contribution in [0.3, 0.4) is 0 Å². The molecule has 1 aliphatic rings. The Labute approximate surface area is 200 Å². The lowest BCUT2D eigenvalue weighted by Gasteiger charge is -2.21. The number of anilines is 2. The number of halogens is 2. The first kappa shape index (κ1) is 21.8. The summed E-state index contributed by atoms with van der Waals surface area (Å²) in [6, 6.07) is 13.5. The first-order valence-corrected chi connectivity index (χ1v) is 11.4. The van der Waals surface area contributed by atoms with Gasteiger partial charge in [0.1, 0.15) is 5.75 Å². The fourth-order valence-corrected chi connectivity index (χ4v) is 4.86. The predicted molar refractivity (Wildman–Crippen MR) is 133 cm³/mol. The molecule has 0 aliphatic carbocycles. The molecule has 0 saturated carbocycles. The molecule has 5 rings (SSSR count). The van der Waals surface area contributed by atoms with Crippen LogP contribution in [0.15, 0.2) is 53.5 Å². The van der Waals surface area contributed by atoms with Crippen molar-refractivity contribution in [2.45, 2.75) is 19.4 Å². The van der Waals surface area contributed by atoms with Crippen molar-refractivity contribution in [3.8, 4) is 5.75 Å². The number of aromatic nitrogens is 2. The molecule has 0 saturated heterocycles. The summed E-state index contributed by atoms with van der Waals surface area (Å²) in [6.45, 7) is 1.74. The lowest BCUT2D eigenvalue weighted by molar-refractivity contribution is 0.415. The molecule has 4 aromatic rings. The molecule has 1 aliphatic heterocycles. The van der Waals surface area contributed by atoms with E-state index in [0.717, 1.165) is 47.5 Å². The maximum atomic E-state index is 12.7. The van der Waals surface area contributed by atoms with Crippen LogP contribution in [0, 0.1) is 0 Å². The van der Waals surface area contributed by atoms with Crippen LogP contribution in [0.5, 0.6) is 5.75 Å². The SMILES string of the molecule is COc1cc2c(cc1Nc1cc(Cc3c(Cl)cccc3Cl)cc3cn[nH]c(=O)c13)CNCC2. The van der Waals surface area contributed by atoms with Crippen LogP contribution in [0.1, 0.15) is 22.3 Å². The highest BCUT2D eigenvalue weighted by atomic mass is 35.5. The summed E-state index contributed by atoms with van der Waals surface area (Å²) in [5.74, 6) is 0.730. The molecule has 8 heteroatoms. The number of rotatable bonds is 5. The maximum absolute atomic E-state index is 12.7. The van der Waals surface area contributed by atoms with E-state index in [4.69, 9.17) is 27.9 Å². The second-order valence-electron chi connectivity index (χ2n) is 8.06. The number of H-pyrrole nitrogens is 1. The Balaban J connectivity index is 1.62. The average molecular weight is 481 g/mol. The van der Waals surface area contributed by atoms with Crippen molar-refractivity contribution in [3.05, 3.63) is 91.3 Å². The van der Waals surface area contributed by atoms with Crippen molar-refractivity contribution in [1.29, 1.82) is 0 Å². The van der Waals surface area contributed by atoms with Gasteiger partial charge in [-0.15, -0.1) is 0 Å². The lowest BCUT2D eigenvalue weighted by Crippen LogP contribution is -2.23. The molecule has 0 spiro atoms. The predicted octanol–water partition coefficient (Wildman–Crippen LogP) is 5.22. The molecule has 0 amide bonds. The van der Waals surface area contributed by atoms with E-state index in [0.29, 0.717) is 27.5 Å². The van der Waals surface area contributed by atoms with E-state index in [2.05, 4.69) is 33.0 Å². The van der Waals surface area contributed by atoms with Gasteiger partial charge in [-0.25, -0.2) is 5.10 Å². The van der Waals surface area contributed by atoms with Gasteiger partial charge in [0, 0.05) is 28.4 Å². The lowest BCUT2D eigenvalue weighted by atomic mass is 9.98. The van der Waals surface area contributed by atoms with Gasteiger partial charge < -0.3 is 15.4 Å². The number of nitrogens with one attached hydrogen (secondary N) is 3. The first-order valence-electron chi connectivity index (χ1n) is 10.6. The minimum absolute atomic E-state index is 0.268. The molecule has 3 aromatic carbocycles. The summed E-state index contributed by atoms with van der Waals surface area (Å²) < 4.78 is 5.67. The van der Waals surface area contributed by atoms with Gasteiger partial charge in [-0.1, -0.05) is 29.3 Å². The van der Waals surface area contributed by atoms with E-state index in [1.165, 1.54) is 11.1 Å². The summed E-state index contributed by atoms with van der Waals surface area (Å²) in [7, 11) is 1.65. The van der Waals surface area contributed by atoms with E-state index >= 15 is 0 Å². The Hall–Kier alpha value is -3.06. The largest absolute Gasteiger partial charge is 0.495 e. The molecular weight excluding hydrogens is 459 g/mol. The van der Waals surface area contributed by atoms with Gasteiger partial charge in [-0.2, -0.15) is 5.10 Å².